The molecule has 5 nitrogen and oxygen atoms in total. The Morgan fingerprint density at radius 3 is 2.50 bits per heavy atom. The van der Waals surface area contributed by atoms with Crippen LogP contribution >= 0.6 is 0 Å². The molecule has 0 unspecified atom stereocenters. The van der Waals surface area contributed by atoms with Crippen molar-refractivity contribution < 1.29 is 19.7 Å². The molecular formula is C9H19NO4. The number of rotatable bonds is 4. The topological polar surface area (TPSA) is 78.8 Å². The molecule has 0 aromatic rings. The van der Waals surface area contributed by atoms with Crippen molar-refractivity contribution in [2.24, 2.45) is 0 Å². The van der Waals surface area contributed by atoms with Gasteiger partial charge in [-0.05, 0) is 33.6 Å². The van der Waals surface area contributed by atoms with E-state index in [2.05, 4.69) is 5.32 Å². The van der Waals surface area contributed by atoms with Gasteiger partial charge < -0.3 is 14.9 Å². The lowest BCUT2D eigenvalue weighted by molar-refractivity contribution is 0.0333. The SMILES string of the molecule is CC(C)(C)OC(=O)N[C@@H](O)CCCO. The second-order valence-electron chi connectivity index (χ2n) is 4.03. The Balaban J connectivity index is 3.71. The van der Waals surface area contributed by atoms with Crippen molar-refractivity contribution in [3.05, 3.63) is 0 Å². The summed E-state index contributed by atoms with van der Waals surface area (Å²) in [7, 11) is 0. The second kappa shape index (κ2) is 5.82. The van der Waals surface area contributed by atoms with Crippen LogP contribution in [0.2, 0.25) is 0 Å². The Bertz CT molecular complexity index is 176. The first-order chi connectivity index (χ1) is 6.35. The van der Waals surface area contributed by atoms with Gasteiger partial charge in [0.25, 0.3) is 0 Å². The quantitative estimate of drug-likeness (QED) is 0.587. The number of carbonyl (C=O) groups excluding carboxylic acids is 1. The summed E-state index contributed by atoms with van der Waals surface area (Å²) in [5.41, 5.74) is -0.569. The fourth-order valence-electron chi connectivity index (χ4n) is 0.800. The molecule has 14 heavy (non-hydrogen) atoms. The van der Waals surface area contributed by atoms with Crippen molar-refractivity contribution in [2.75, 3.05) is 6.61 Å². The highest BCUT2D eigenvalue weighted by molar-refractivity contribution is 5.67. The molecule has 3 N–H and O–H groups in total. The van der Waals surface area contributed by atoms with E-state index >= 15 is 0 Å². The van der Waals surface area contributed by atoms with E-state index in [1.165, 1.54) is 0 Å². The predicted octanol–water partition coefficient (Wildman–Crippen LogP) is 0.602. The number of aliphatic hydroxyl groups excluding tert-OH is 2. The molecule has 0 heterocycles. The first-order valence-electron chi connectivity index (χ1n) is 4.63. The standard InChI is InChI=1S/C9H19NO4/c1-9(2,3)14-8(13)10-7(12)5-4-6-11/h7,11-12H,4-6H2,1-3H3,(H,10,13)/t7-/m0/s1. The third kappa shape index (κ3) is 7.82. The Labute approximate surface area is 84.1 Å². The predicted molar refractivity (Wildman–Crippen MR) is 51.7 cm³/mol. The molecule has 0 bridgehead atoms. The Morgan fingerprint density at radius 2 is 2.07 bits per heavy atom. The minimum Gasteiger partial charge on any atom is -0.444 e. The summed E-state index contributed by atoms with van der Waals surface area (Å²) < 4.78 is 4.92. The first-order valence-corrected chi connectivity index (χ1v) is 4.63. The van der Waals surface area contributed by atoms with Gasteiger partial charge in [0.1, 0.15) is 11.8 Å². The Morgan fingerprint density at radius 1 is 1.50 bits per heavy atom. The number of ether oxygens (including phenoxy) is 1. The summed E-state index contributed by atoms with van der Waals surface area (Å²) in [5.74, 6) is 0. The maximum absolute atomic E-state index is 11.1. The number of hydrogen-bond acceptors (Lipinski definition) is 4. The van der Waals surface area contributed by atoms with E-state index in [9.17, 15) is 9.90 Å². The second-order valence-corrected chi connectivity index (χ2v) is 4.03. The van der Waals surface area contributed by atoms with Crippen LogP contribution in [0.1, 0.15) is 33.6 Å². The van der Waals surface area contributed by atoms with Crippen LogP contribution in [0.15, 0.2) is 0 Å². The van der Waals surface area contributed by atoms with Crippen LogP contribution in [0.5, 0.6) is 0 Å². The van der Waals surface area contributed by atoms with E-state index in [-0.39, 0.29) is 6.61 Å². The fraction of sp³-hybridized carbons (Fsp3) is 0.889. The number of hydrogen-bond donors (Lipinski definition) is 3. The number of aliphatic hydroxyl groups is 2. The van der Waals surface area contributed by atoms with Crippen molar-refractivity contribution in [2.45, 2.75) is 45.4 Å². The average Bonchev–Trinajstić information content (AvgIpc) is 1.96. The van der Waals surface area contributed by atoms with Crippen molar-refractivity contribution in [1.29, 1.82) is 0 Å². The summed E-state index contributed by atoms with van der Waals surface area (Å²) in [5, 5.41) is 20.0. The van der Waals surface area contributed by atoms with Crippen LogP contribution in [-0.2, 0) is 4.74 Å². The maximum Gasteiger partial charge on any atom is 0.409 e. The van der Waals surface area contributed by atoms with Crippen molar-refractivity contribution in [3.8, 4) is 0 Å². The van der Waals surface area contributed by atoms with Gasteiger partial charge >= 0.3 is 6.09 Å². The van der Waals surface area contributed by atoms with Crippen LogP contribution < -0.4 is 5.32 Å². The molecule has 0 spiro atoms. The zero-order valence-electron chi connectivity index (χ0n) is 8.91. The van der Waals surface area contributed by atoms with Crippen molar-refractivity contribution in [1.82, 2.24) is 5.32 Å². The summed E-state index contributed by atoms with van der Waals surface area (Å²) in [6, 6.07) is 0. The molecule has 0 aliphatic heterocycles. The van der Waals surface area contributed by atoms with Gasteiger partial charge in [0.15, 0.2) is 0 Å². The van der Waals surface area contributed by atoms with Crippen LogP contribution in [0.25, 0.3) is 0 Å². The molecule has 1 atom stereocenters. The van der Waals surface area contributed by atoms with E-state index < -0.39 is 17.9 Å². The zero-order valence-corrected chi connectivity index (χ0v) is 8.91. The highest BCUT2D eigenvalue weighted by Crippen LogP contribution is 2.06. The van der Waals surface area contributed by atoms with Crippen LogP contribution in [0.3, 0.4) is 0 Å². The van der Waals surface area contributed by atoms with Gasteiger partial charge in [0, 0.05) is 6.61 Å². The number of alkyl carbamates (subject to hydrolysis) is 1. The van der Waals surface area contributed by atoms with Gasteiger partial charge in [-0.15, -0.1) is 0 Å². The van der Waals surface area contributed by atoms with Gasteiger partial charge in [-0.3, -0.25) is 5.32 Å². The average molecular weight is 205 g/mol. The number of amides is 1. The van der Waals surface area contributed by atoms with Gasteiger partial charge in [-0.25, -0.2) is 4.79 Å². The summed E-state index contributed by atoms with van der Waals surface area (Å²) in [4.78, 5) is 11.1. The molecule has 84 valence electrons. The zero-order chi connectivity index (χ0) is 11.2. The lowest BCUT2D eigenvalue weighted by Gasteiger charge is -2.21. The molecule has 0 aliphatic carbocycles. The maximum atomic E-state index is 11.1. The Hall–Kier alpha value is -0.810. The normalized spacial score (nSPS) is 13.5. The summed E-state index contributed by atoms with van der Waals surface area (Å²) in [6.07, 6.45) is -0.855. The summed E-state index contributed by atoms with van der Waals surface area (Å²) in [6.45, 7) is 5.22. The minimum absolute atomic E-state index is 0.00689. The third-order valence-corrected chi connectivity index (χ3v) is 1.32. The van der Waals surface area contributed by atoms with E-state index in [1.807, 2.05) is 0 Å². The molecule has 1 amide bonds. The largest absolute Gasteiger partial charge is 0.444 e. The molecule has 0 radical (unpaired) electrons. The third-order valence-electron chi connectivity index (χ3n) is 1.32. The van der Waals surface area contributed by atoms with Crippen LogP contribution in [-0.4, -0.2) is 34.7 Å². The minimum atomic E-state index is -0.961. The monoisotopic (exact) mass is 205 g/mol. The molecule has 0 aromatic carbocycles. The Kier molecular flexibility index (Phi) is 5.49. The van der Waals surface area contributed by atoms with Crippen molar-refractivity contribution >= 4 is 6.09 Å². The van der Waals surface area contributed by atoms with E-state index in [0.717, 1.165) is 0 Å². The number of carbonyl (C=O) groups is 1. The molecular weight excluding hydrogens is 186 g/mol. The molecule has 0 aliphatic rings. The highest BCUT2D eigenvalue weighted by Gasteiger charge is 2.17. The van der Waals surface area contributed by atoms with Crippen LogP contribution in [0, 0.1) is 0 Å². The van der Waals surface area contributed by atoms with E-state index in [4.69, 9.17) is 9.84 Å². The van der Waals surface area contributed by atoms with E-state index in [1.54, 1.807) is 20.8 Å². The molecule has 0 saturated carbocycles. The molecule has 0 fully saturated rings. The van der Waals surface area contributed by atoms with E-state index in [0.29, 0.717) is 12.8 Å². The van der Waals surface area contributed by atoms with Crippen molar-refractivity contribution in [3.63, 3.8) is 0 Å². The lowest BCUT2D eigenvalue weighted by atomic mass is 10.2. The molecule has 0 aromatic heterocycles. The lowest BCUT2D eigenvalue weighted by Crippen LogP contribution is -2.39. The molecule has 5 heteroatoms. The smallest absolute Gasteiger partial charge is 0.409 e. The summed E-state index contributed by atoms with van der Waals surface area (Å²) >= 11 is 0. The highest BCUT2D eigenvalue weighted by atomic mass is 16.6. The number of nitrogens with one attached hydrogen (secondary N) is 1. The fourth-order valence-corrected chi connectivity index (χ4v) is 0.800. The van der Waals surface area contributed by atoms with Gasteiger partial charge in [0.05, 0.1) is 0 Å². The molecule has 0 rings (SSSR count). The van der Waals surface area contributed by atoms with Gasteiger partial charge in [-0.2, -0.15) is 0 Å². The van der Waals surface area contributed by atoms with Gasteiger partial charge in [-0.1, -0.05) is 0 Å². The first kappa shape index (κ1) is 13.2. The van der Waals surface area contributed by atoms with Crippen LogP contribution in [0.4, 0.5) is 4.79 Å². The van der Waals surface area contributed by atoms with Gasteiger partial charge in [0.2, 0.25) is 0 Å². The molecule has 0 saturated heterocycles.